The molecule has 0 atom stereocenters. The van der Waals surface area contributed by atoms with Crippen LogP contribution in [0.4, 0.5) is 10.5 Å². The largest absolute Gasteiger partial charge is 0.494 e. The topological polar surface area (TPSA) is 50.4 Å². The third kappa shape index (κ3) is 2.89. The number of hydrogen-bond acceptors (Lipinski definition) is 2. The first-order valence-corrected chi connectivity index (χ1v) is 5.37. The van der Waals surface area contributed by atoms with Crippen LogP contribution in [-0.2, 0) is 6.42 Å². The zero-order valence-corrected chi connectivity index (χ0v) is 9.96. The highest BCUT2D eigenvalue weighted by atomic mass is 16.5. The van der Waals surface area contributed by atoms with Gasteiger partial charge in [-0.25, -0.2) is 4.79 Å². The van der Waals surface area contributed by atoms with E-state index in [0.29, 0.717) is 5.69 Å². The van der Waals surface area contributed by atoms with Gasteiger partial charge in [0.2, 0.25) is 0 Å². The molecule has 0 saturated carbocycles. The van der Waals surface area contributed by atoms with Crippen LogP contribution in [0.15, 0.2) is 18.2 Å². The van der Waals surface area contributed by atoms with Crippen molar-refractivity contribution in [3.05, 3.63) is 23.8 Å². The van der Waals surface area contributed by atoms with Crippen molar-refractivity contribution in [1.29, 1.82) is 0 Å². The van der Waals surface area contributed by atoms with Crippen molar-refractivity contribution < 1.29 is 9.53 Å². The molecule has 0 aliphatic heterocycles. The highest BCUT2D eigenvalue weighted by Crippen LogP contribution is 2.29. The predicted octanol–water partition coefficient (Wildman–Crippen LogP) is 2.40. The van der Waals surface area contributed by atoms with Crippen LogP contribution in [0.2, 0.25) is 0 Å². The van der Waals surface area contributed by atoms with Gasteiger partial charge in [0.15, 0.2) is 0 Å². The lowest BCUT2D eigenvalue weighted by Crippen LogP contribution is -2.24. The van der Waals surface area contributed by atoms with Crippen molar-refractivity contribution in [2.24, 2.45) is 0 Å². The predicted molar refractivity (Wildman–Crippen MR) is 65.1 cm³/mol. The van der Waals surface area contributed by atoms with Crippen LogP contribution in [0, 0.1) is 0 Å². The van der Waals surface area contributed by atoms with E-state index in [1.807, 2.05) is 18.2 Å². The molecule has 0 unspecified atom stereocenters. The van der Waals surface area contributed by atoms with E-state index in [1.54, 1.807) is 14.2 Å². The molecule has 1 aromatic carbocycles. The van der Waals surface area contributed by atoms with Crippen molar-refractivity contribution in [3.8, 4) is 5.75 Å². The van der Waals surface area contributed by atoms with Crippen molar-refractivity contribution in [2.75, 3.05) is 19.5 Å². The smallest absolute Gasteiger partial charge is 0.319 e. The van der Waals surface area contributed by atoms with E-state index >= 15 is 0 Å². The number of carbonyl (C=O) groups is 1. The van der Waals surface area contributed by atoms with E-state index < -0.39 is 0 Å². The fraction of sp³-hybridized carbons (Fsp3) is 0.417. The fourth-order valence-electron chi connectivity index (χ4n) is 1.58. The van der Waals surface area contributed by atoms with Crippen LogP contribution in [0.25, 0.3) is 0 Å². The fourth-order valence-corrected chi connectivity index (χ4v) is 1.58. The first-order valence-electron chi connectivity index (χ1n) is 5.37. The number of hydrogen-bond donors (Lipinski definition) is 2. The average Bonchev–Trinajstić information content (AvgIpc) is 2.29. The zero-order chi connectivity index (χ0) is 12.0. The molecular formula is C12H18N2O2. The molecule has 4 heteroatoms. The lowest BCUT2D eigenvalue weighted by atomic mass is 10.1. The summed E-state index contributed by atoms with van der Waals surface area (Å²) in [7, 11) is 3.20. The van der Waals surface area contributed by atoms with Crippen LogP contribution in [-0.4, -0.2) is 20.2 Å². The summed E-state index contributed by atoms with van der Waals surface area (Å²) in [4.78, 5) is 11.2. The second-order valence-corrected chi connectivity index (χ2v) is 3.45. The maximum absolute atomic E-state index is 11.2. The Hall–Kier alpha value is -1.71. The summed E-state index contributed by atoms with van der Waals surface area (Å²) < 4.78 is 5.33. The molecule has 0 fully saturated rings. The lowest BCUT2D eigenvalue weighted by Gasteiger charge is -2.13. The van der Waals surface area contributed by atoms with Crippen molar-refractivity contribution >= 4 is 11.7 Å². The number of methoxy groups -OCH3 is 1. The maximum Gasteiger partial charge on any atom is 0.319 e. The highest BCUT2D eigenvalue weighted by Gasteiger charge is 2.09. The Kier molecular flexibility index (Phi) is 4.64. The normalized spacial score (nSPS) is 9.69. The van der Waals surface area contributed by atoms with Gasteiger partial charge in [0.1, 0.15) is 5.75 Å². The molecule has 0 bridgehead atoms. The summed E-state index contributed by atoms with van der Waals surface area (Å²) >= 11 is 0. The molecule has 1 rings (SSSR count). The third-order valence-electron chi connectivity index (χ3n) is 2.30. The molecule has 0 spiro atoms. The van der Waals surface area contributed by atoms with Gasteiger partial charge in [-0.3, -0.25) is 0 Å². The van der Waals surface area contributed by atoms with Crippen molar-refractivity contribution in [3.63, 3.8) is 0 Å². The summed E-state index contributed by atoms with van der Waals surface area (Å²) in [6.45, 7) is 2.11. The number of benzene rings is 1. The van der Waals surface area contributed by atoms with Gasteiger partial charge in [0.05, 0.1) is 12.8 Å². The second-order valence-electron chi connectivity index (χ2n) is 3.45. The number of nitrogens with one attached hydrogen (secondary N) is 2. The van der Waals surface area contributed by atoms with E-state index in [0.717, 1.165) is 24.2 Å². The third-order valence-corrected chi connectivity index (χ3v) is 2.30. The van der Waals surface area contributed by atoms with Crippen LogP contribution < -0.4 is 15.4 Å². The number of anilines is 1. The van der Waals surface area contributed by atoms with Crippen LogP contribution in [0.1, 0.15) is 18.9 Å². The molecule has 0 aliphatic rings. The minimum Gasteiger partial charge on any atom is -0.494 e. The number of carbonyl (C=O) groups excluding carboxylic acids is 1. The Morgan fingerprint density at radius 2 is 2.19 bits per heavy atom. The molecule has 1 aromatic rings. The number of para-hydroxylation sites is 1. The first kappa shape index (κ1) is 12.4. The Balaban J connectivity index is 2.98. The number of rotatable bonds is 4. The summed E-state index contributed by atoms with van der Waals surface area (Å²) in [5.74, 6) is 0.743. The summed E-state index contributed by atoms with van der Waals surface area (Å²) in [5, 5.41) is 5.25. The number of aryl methyl sites for hydroxylation is 1. The molecule has 88 valence electrons. The standard InChI is InChI=1S/C12H18N2O2/c1-4-6-9-7-5-8-10(11(9)16-3)14-12(15)13-2/h5,7-8H,4,6H2,1-3H3,(H2,13,14,15). The minimum absolute atomic E-state index is 0.244. The van der Waals surface area contributed by atoms with Gasteiger partial charge in [-0.05, 0) is 18.1 Å². The first-order chi connectivity index (χ1) is 7.72. The summed E-state index contributed by atoms with van der Waals surface area (Å²) in [5.41, 5.74) is 1.81. The van der Waals surface area contributed by atoms with Crippen LogP contribution in [0.3, 0.4) is 0 Å². The lowest BCUT2D eigenvalue weighted by molar-refractivity contribution is 0.254. The molecule has 0 heterocycles. The minimum atomic E-state index is -0.244. The van der Waals surface area contributed by atoms with E-state index in [-0.39, 0.29) is 6.03 Å². The van der Waals surface area contributed by atoms with Crippen LogP contribution in [0.5, 0.6) is 5.75 Å². The second kappa shape index (κ2) is 6.00. The number of urea groups is 1. The van der Waals surface area contributed by atoms with Gasteiger partial charge in [0, 0.05) is 7.05 Å². The Morgan fingerprint density at radius 3 is 2.75 bits per heavy atom. The Bertz CT molecular complexity index is 364. The molecule has 4 nitrogen and oxygen atoms in total. The van der Waals surface area contributed by atoms with Gasteiger partial charge >= 0.3 is 6.03 Å². The molecule has 16 heavy (non-hydrogen) atoms. The SMILES string of the molecule is CCCc1cccc(NC(=O)NC)c1OC. The monoisotopic (exact) mass is 222 g/mol. The Labute approximate surface area is 96.0 Å². The van der Waals surface area contributed by atoms with Gasteiger partial charge in [-0.1, -0.05) is 25.5 Å². The maximum atomic E-state index is 11.2. The van der Waals surface area contributed by atoms with Gasteiger partial charge in [-0.15, -0.1) is 0 Å². The summed E-state index contributed by atoms with van der Waals surface area (Å²) in [6.07, 6.45) is 1.98. The van der Waals surface area contributed by atoms with Gasteiger partial charge in [-0.2, -0.15) is 0 Å². The van der Waals surface area contributed by atoms with E-state index in [1.165, 1.54) is 0 Å². The van der Waals surface area contributed by atoms with Crippen molar-refractivity contribution in [2.45, 2.75) is 19.8 Å². The van der Waals surface area contributed by atoms with E-state index in [9.17, 15) is 4.79 Å². The van der Waals surface area contributed by atoms with Crippen molar-refractivity contribution in [1.82, 2.24) is 5.32 Å². The average molecular weight is 222 g/mol. The van der Waals surface area contributed by atoms with Crippen LogP contribution >= 0.6 is 0 Å². The molecular weight excluding hydrogens is 204 g/mol. The highest BCUT2D eigenvalue weighted by molar-refractivity contribution is 5.91. The van der Waals surface area contributed by atoms with Gasteiger partial charge in [0.25, 0.3) is 0 Å². The molecule has 2 amide bonds. The Morgan fingerprint density at radius 1 is 1.44 bits per heavy atom. The van der Waals surface area contributed by atoms with E-state index in [4.69, 9.17) is 4.74 Å². The molecule has 0 aromatic heterocycles. The van der Waals surface area contributed by atoms with Gasteiger partial charge < -0.3 is 15.4 Å². The molecule has 2 N–H and O–H groups in total. The molecule has 0 saturated heterocycles. The number of ether oxygens (including phenoxy) is 1. The zero-order valence-electron chi connectivity index (χ0n) is 9.96. The number of amides is 2. The molecule has 0 radical (unpaired) electrons. The van der Waals surface area contributed by atoms with E-state index in [2.05, 4.69) is 17.6 Å². The molecule has 0 aliphatic carbocycles. The summed E-state index contributed by atoms with van der Waals surface area (Å²) in [6, 6.07) is 5.51. The quantitative estimate of drug-likeness (QED) is 0.821.